The van der Waals surface area contributed by atoms with Gasteiger partial charge in [-0.2, -0.15) is 17.9 Å². The first-order valence-electron chi connectivity index (χ1n) is 6.06. The van der Waals surface area contributed by atoms with Gasteiger partial charge in [-0.1, -0.05) is 12.1 Å². The topological polar surface area (TPSA) is 75.3 Å². The average Bonchev–Trinajstić information content (AvgIpc) is 2.37. The molecule has 1 aromatic carbocycles. The number of sulfonamides is 1. The van der Waals surface area contributed by atoms with Gasteiger partial charge < -0.3 is 5.32 Å². The van der Waals surface area contributed by atoms with Gasteiger partial charge in [0.05, 0.1) is 16.5 Å². The van der Waals surface area contributed by atoms with Crippen molar-refractivity contribution in [1.29, 1.82) is 0 Å². The highest BCUT2D eigenvalue weighted by Gasteiger charge is 2.37. The minimum Gasteiger partial charge on any atom is -0.355 e. The van der Waals surface area contributed by atoms with Crippen molar-refractivity contribution in [2.24, 2.45) is 0 Å². The maximum Gasteiger partial charge on any atom is 0.417 e. The number of halogens is 3. The van der Waals surface area contributed by atoms with Crippen molar-refractivity contribution in [3.8, 4) is 0 Å². The van der Waals surface area contributed by atoms with Gasteiger partial charge in [0, 0.05) is 6.54 Å². The Kier molecular flexibility index (Phi) is 5.35. The first kappa shape index (κ1) is 17.4. The van der Waals surface area contributed by atoms with E-state index in [1.54, 1.807) is 6.92 Å². The number of nitrogens with one attached hydrogen (secondary N) is 2. The van der Waals surface area contributed by atoms with E-state index in [0.29, 0.717) is 6.07 Å². The maximum atomic E-state index is 12.8. The summed E-state index contributed by atoms with van der Waals surface area (Å²) < 4.78 is 64.5. The first-order chi connectivity index (χ1) is 9.59. The summed E-state index contributed by atoms with van der Waals surface area (Å²) in [7, 11) is -4.47. The molecule has 21 heavy (non-hydrogen) atoms. The van der Waals surface area contributed by atoms with E-state index in [1.165, 1.54) is 13.0 Å². The Morgan fingerprint density at radius 2 is 1.86 bits per heavy atom. The average molecular weight is 324 g/mol. The molecule has 1 amide bonds. The molecular weight excluding hydrogens is 309 g/mol. The normalized spacial score (nSPS) is 13.8. The number of benzene rings is 1. The Bertz CT molecular complexity index is 614. The molecule has 9 heteroatoms. The van der Waals surface area contributed by atoms with Crippen LogP contribution in [0.5, 0.6) is 0 Å². The van der Waals surface area contributed by atoms with E-state index in [9.17, 15) is 26.4 Å². The summed E-state index contributed by atoms with van der Waals surface area (Å²) in [6, 6.07) is 2.60. The second-order valence-corrected chi connectivity index (χ2v) is 5.91. The molecule has 5 nitrogen and oxygen atoms in total. The maximum absolute atomic E-state index is 12.8. The molecule has 0 radical (unpaired) electrons. The number of carbonyl (C=O) groups excluding carboxylic acids is 1. The Hall–Kier alpha value is -1.61. The lowest BCUT2D eigenvalue weighted by molar-refractivity contribution is -0.139. The smallest absolute Gasteiger partial charge is 0.355 e. The van der Waals surface area contributed by atoms with Crippen molar-refractivity contribution in [2.75, 3.05) is 6.54 Å². The van der Waals surface area contributed by atoms with Crippen LogP contribution in [-0.2, 0) is 21.0 Å². The molecule has 0 aliphatic rings. The van der Waals surface area contributed by atoms with Crippen LogP contribution in [0.15, 0.2) is 29.2 Å². The van der Waals surface area contributed by atoms with Crippen molar-refractivity contribution < 1.29 is 26.4 Å². The Labute approximate surface area is 120 Å². The third kappa shape index (κ3) is 4.43. The molecule has 0 saturated carbocycles. The summed E-state index contributed by atoms with van der Waals surface area (Å²) in [4.78, 5) is 10.6. The first-order valence-corrected chi connectivity index (χ1v) is 7.54. The third-order valence-corrected chi connectivity index (χ3v) is 4.16. The number of hydrogen-bond donors (Lipinski definition) is 2. The monoisotopic (exact) mass is 324 g/mol. The zero-order chi connectivity index (χ0) is 16.3. The van der Waals surface area contributed by atoms with Gasteiger partial charge >= 0.3 is 6.18 Å². The lowest BCUT2D eigenvalue weighted by Gasteiger charge is -2.17. The molecule has 0 heterocycles. The van der Waals surface area contributed by atoms with E-state index in [1.807, 2.05) is 4.72 Å². The van der Waals surface area contributed by atoms with Crippen LogP contribution in [0.3, 0.4) is 0 Å². The van der Waals surface area contributed by atoms with E-state index in [-0.39, 0.29) is 6.54 Å². The molecule has 118 valence electrons. The fourth-order valence-electron chi connectivity index (χ4n) is 1.61. The van der Waals surface area contributed by atoms with Crippen LogP contribution < -0.4 is 10.0 Å². The highest BCUT2D eigenvalue weighted by Crippen LogP contribution is 2.33. The second-order valence-electron chi connectivity index (χ2n) is 4.23. The largest absolute Gasteiger partial charge is 0.417 e. The number of amides is 1. The molecule has 0 aromatic heterocycles. The van der Waals surface area contributed by atoms with Crippen LogP contribution in [0.2, 0.25) is 0 Å². The van der Waals surface area contributed by atoms with Crippen molar-refractivity contribution >= 4 is 15.9 Å². The lowest BCUT2D eigenvalue weighted by Crippen LogP contribution is -2.44. The predicted molar refractivity (Wildman–Crippen MR) is 69.9 cm³/mol. The fourth-order valence-corrected chi connectivity index (χ4v) is 3.04. The van der Waals surface area contributed by atoms with Gasteiger partial charge in [-0.3, -0.25) is 4.79 Å². The molecular formula is C12H15F3N2O3S. The molecule has 0 saturated heterocycles. The fraction of sp³-hybridized carbons (Fsp3) is 0.417. The van der Waals surface area contributed by atoms with E-state index in [0.717, 1.165) is 12.1 Å². The van der Waals surface area contributed by atoms with Gasteiger partial charge in [0.25, 0.3) is 0 Å². The lowest BCUT2D eigenvalue weighted by atomic mass is 10.2. The summed E-state index contributed by atoms with van der Waals surface area (Å²) in [6.07, 6.45) is -4.81. The highest BCUT2D eigenvalue weighted by atomic mass is 32.2. The molecule has 0 bridgehead atoms. The van der Waals surface area contributed by atoms with Crippen LogP contribution in [-0.4, -0.2) is 26.9 Å². The summed E-state index contributed by atoms with van der Waals surface area (Å²) >= 11 is 0. The SMILES string of the molecule is CCNC(=O)[C@H](C)NS(=O)(=O)c1ccccc1C(F)(F)F. The zero-order valence-corrected chi connectivity index (χ0v) is 12.2. The van der Waals surface area contributed by atoms with Crippen LogP contribution in [0.1, 0.15) is 19.4 Å². The van der Waals surface area contributed by atoms with Crippen LogP contribution in [0.25, 0.3) is 0 Å². The van der Waals surface area contributed by atoms with E-state index < -0.39 is 38.6 Å². The number of rotatable bonds is 5. The van der Waals surface area contributed by atoms with Gasteiger partial charge in [-0.05, 0) is 26.0 Å². The quantitative estimate of drug-likeness (QED) is 0.862. The summed E-state index contributed by atoms with van der Waals surface area (Å²) in [6.45, 7) is 3.17. The number of alkyl halides is 3. The Morgan fingerprint density at radius 3 is 2.38 bits per heavy atom. The summed E-state index contributed by atoms with van der Waals surface area (Å²) in [5.41, 5.74) is -1.28. The Morgan fingerprint density at radius 1 is 1.29 bits per heavy atom. The van der Waals surface area contributed by atoms with Gasteiger partial charge in [-0.25, -0.2) is 8.42 Å². The highest BCUT2D eigenvalue weighted by molar-refractivity contribution is 7.89. The van der Waals surface area contributed by atoms with Crippen molar-refractivity contribution in [3.63, 3.8) is 0 Å². The van der Waals surface area contributed by atoms with Crippen molar-refractivity contribution in [1.82, 2.24) is 10.0 Å². The van der Waals surface area contributed by atoms with Gasteiger partial charge in [0.15, 0.2) is 0 Å². The molecule has 1 rings (SSSR count). The molecule has 1 atom stereocenters. The molecule has 1 aromatic rings. The number of hydrogen-bond acceptors (Lipinski definition) is 3. The van der Waals surface area contributed by atoms with Crippen LogP contribution in [0.4, 0.5) is 13.2 Å². The van der Waals surface area contributed by atoms with E-state index in [4.69, 9.17) is 0 Å². The standard InChI is InChI=1S/C12H15F3N2O3S/c1-3-16-11(18)8(2)17-21(19,20)10-7-5-4-6-9(10)12(13,14)15/h4-8,17H,3H2,1-2H3,(H,16,18)/t8-/m0/s1. The molecule has 0 aliphatic heterocycles. The minimum atomic E-state index is -4.81. The number of carbonyl (C=O) groups is 1. The summed E-state index contributed by atoms with van der Waals surface area (Å²) in [5, 5.41) is 2.38. The van der Waals surface area contributed by atoms with Crippen molar-refractivity contribution in [3.05, 3.63) is 29.8 Å². The van der Waals surface area contributed by atoms with Gasteiger partial charge in [0.1, 0.15) is 0 Å². The van der Waals surface area contributed by atoms with Gasteiger partial charge in [0.2, 0.25) is 15.9 Å². The molecule has 0 spiro atoms. The molecule has 0 unspecified atom stereocenters. The Balaban J connectivity index is 3.13. The van der Waals surface area contributed by atoms with E-state index in [2.05, 4.69) is 5.32 Å². The predicted octanol–water partition coefficient (Wildman–Crippen LogP) is 1.51. The number of likely N-dealkylation sites (N-methyl/N-ethyl adjacent to an activating group) is 1. The molecule has 0 fully saturated rings. The van der Waals surface area contributed by atoms with Crippen LogP contribution >= 0.6 is 0 Å². The second kappa shape index (κ2) is 6.44. The third-order valence-electron chi connectivity index (χ3n) is 2.56. The molecule has 2 N–H and O–H groups in total. The molecule has 0 aliphatic carbocycles. The van der Waals surface area contributed by atoms with Crippen LogP contribution in [0, 0.1) is 0 Å². The minimum absolute atomic E-state index is 0.282. The summed E-state index contributed by atoms with van der Waals surface area (Å²) in [5.74, 6) is -0.620. The van der Waals surface area contributed by atoms with E-state index >= 15 is 0 Å². The van der Waals surface area contributed by atoms with Gasteiger partial charge in [-0.15, -0.1) is 0 Å². The van der Waals surface area contributed by atoms with Crippen molar-refractivity contribution in [2.45, 2.75) is 31.0 Å². The zero-order valence-electron chi connectivity index (χ0n) is 11.4.